The van der Waals surface area contributed by atoms with Crippen molar-refractivity contribution in [2.24, 2.45) is 0 Å². The quantitative estimate of drug-likeness (QED) is 0.699. The summed E-state index contributed by atoms with van der Waals surface area (Å²) in [6, 6.07) is 14.6. The van der Waals surface area contributed by atoms with Gasteiger partial charge in [0.1, 0.15) is 0 Å². The third kappa shape index (κ3) is 1.91. The first kappa shape index (κ1) is 10.4. The summed E-state index contributed by atoms with van der Waals surface area (Å²) in [5, 5.41) is 10.3. The Morgan fingerprint density at radius 2 is 1.88 bits per heavy atom. The predicted octanol–water partition coefficient (Wildman–Crippen LogP) is 3.35. The van der Waals surface area contributed by atoms with E-state index >= 15 is 0 Å². The lowest BCUT2D eigenvalue weighted by molar-refractivity contribution is 0.976. The highest BCUT2D eigenvalue weighted by atomic mass is 32.2. The molecular weight excluding hydrogens is 230 g/mol. The number of nitrogens with zero attached hydrogens (tertiary/aromatic N) is 2. The van der Waals surface area contributed by atoms with Gasteiger partial charge in [-0.3, -0.25) is 5.10 Å². The Hall–Kier alpha value is -1.81. The maximum absolute atomic E-state index is 4.40. The average molecular weight is 241 g/mol. The predicted molar refractivity (Wildman–Crippen MR) is 71.1 cm³/mol. The van der Waals surface area contributed by atoms with Crippen molar-refractivity contribution < 1.29 is 0 Å². The fourth-order valence-electron chi connectivity index (χ4n) is 1.80. The summed E-state index contributed by atoms with van der Waals surface area (Å²) in [4.78, 5) is 4.40. The second-order valence-corrected chi connectivity index (χ2v) is 4.51. The first-order valence-corrected chi connectivity index (χ1v) is 6.55. The van der Waals surface area contributed by atoms with Gasteiger partial charge in [0.2, 0.25) is 5.16 Å². The average Bonchev–Trinajstić information content (AvgIpc) is 2.87. The lowest BCUT2D eigenvalue weighted by Crippen LogP contribution is -1.81. The molecule has 3 rings (SSSR count). The van der Waals surface area contributed by atoms with E-state index in [-0.39, 0.29) is 0 Å². The molecule has 0 aliphatic heterocycles. The molecule has 0 amide bonds. The van der Waals surface area contributed by atoms with Crippen LogP contribution in [0.2, 0.25) is 0 Å². The van der Waals surface area contributed by atoms with Crippen LogP contribution in [0.3, 0.4) is 0 Å². The van der Waals surface area contributed by atoms with Crippen LogP contribution in [0.25, 0.3) is 22.2 Å². The van der Waals surface area contributed by atoms with Gasteiger partial charge >= 0.3 is 0 Å². The number of hydrogen-bond acceptors (Lipinski definition) is 3. The number of nitrogens with one attached hydrogen (secondary N) is 1. The SMILES string of the molecule is CSc1n[nH]c(-c2ccc3ccccc3c2)n1. The first-order chi connectivity index (χ1) is 8.36. The molecule has 3 nitrogen and oxygen atoms in total. The summed E-state index contributed by atoms with van der Waals surface area (Å²) in [6.45, 7) is 0. The smallest absolute Gasteiger partial charge is 0.208 e. The number of benzene rings is 2. The molecule has 0 aliphatic carbocycles. The normalized spacial score (nSPS) is 10.9. The van der Waals surface area contributed by atoms with E-state index in [0.717, 1.165) is 16.5 Å². The van der Waals surface area contributed by atoms with Crippen molar-refractivity contribution in [3.63, 3.8) is 0 Å². The molecule has 0 unspecified atom stereocenters. The monoisotopic (exact) mass is 241 g/mol. The van der Waals surface area contributed by atoms with Crippen molar-refractivity contribution in [2.75, 3.05) is 6.26 Å². The van der Waals surface area contributed by atoms with Gasteiger partial charge in [-0.05, 0) is 23.1 Å². The van der Waals surface area contributed by atoms with E-state index in [4.69, 9.17) is 0 Å². The number of hydrogen-bond donors (Lipinski definition) is 1. The highest BCUT2D eigenvalue weighted by Crippen LogP contribution is 2.22. The van der Waals surface area contributed by atoms with Crippen LogP contribution in [0, 0.1) is 0 Å². The van der Waals surface area contributed by atoms with Gasteiger partial charge in [-0.2, -0.15) is 0 Å². The minimum absolute atomic E-state index is 0.771. The molecular formula is C13H11N3S. The molecule has 0 aliphatic rings. The zero-order chi connectivity index (χ0) is 11.7. The summed E-state index contributed by atoms with van der Waals surface area (Å²) < 4.78 is 0. The Balaban J connectivity index is 2.11. The van der Waals surface area contributed by atoms with E-state index in [1.807, 2.05) is 18.4 Å². The molecule has 0 radical (unpaired) electrons. The maximum Gasteiger partial charge on any atom is 0.208 e. The van der Waals surface area contributed by atoms with Crippen molar-refractivity contribution in [1.29, 1.82) is 0 Å². The number of aromatic amines is 1. The Kier molecular flexibility index (Phi) is 2.57. The van der Waals surface area contributed by atoms with Gasteiger partial charge in [-0.15, -0.1) is 5.10 Å². The van der Waals surface area contributed by atoms with E-state index in [2.05, 4.69) is 45.5 Å². The van der Waals surface area contributed by atoms with Gasteiger partial charge in [0.15, 0.2) is 5.82 Å². The van der Waals surface area contributed by atoms with Crippen LogP contribution in [0.4, 0.5) is 0 Å². The molecule has 0 bridgehead atoms. The number of H-pyrrole nitrogens is 1. The van der Waals surface area contributed by atoms with Crippen LogP contribution in [0.15, 0.2) is 47.6 Å². The summed E-state index contributed by atoms with van der Waals surface area (Å²) in [7, 11) is 0. The molecule has 0 atom stereocenters. The lowest BCUT2D eigenvalue weighted by atomic mass is 10.1. The molecule has 0 saturated carbocycles. The van der Waals surface area contributed by atoms with E-state index in [9.17, 15) is 0 Å². The van der Waals surface area contributed by atoms with Gasteiger partial charge < -0.3 is 0 Å². The topological polar surface area (TPSA) is 41.6 Å². The van der Waals surface area contributed by atoms with Crippen LogP contribution in [-0.4, -0.2) is 21.4 Å². The molecule has 0 spiro atoms. The van der Waals surface area contributed by atoms with E-state index < -0.39 is 0 Å². The second kappa shape index (κ2) is 4.22. The molecule has 1 N–H and O–H groups in total. The van der Waals surface area contributed by atoms with Gasteiger partial charge in [0.25, 0.3) is 0 Å². The van der Waals surface area contributed by atoms with E-state index in [1.54, 1.807) is 0 Å². The largest absolute Gasteiger partial charge is 0.258 e. The Morgan fingerprint density at radius 3 is 2.65 bits per heavy atom. The molecule has 4 heteroatoms. The first-order valence-electron chi connectivity index (χ1n) is 5.32. The fraction of sp³-hybridized carbons (Fsp3) is 0.0769. The third-order valence-electron chi connectivity index (χ3n) is 2.67. The lowest BCUT2D eigenvalue weighted by Gasteiger charge is -2.00. The third-order valence-corrected chi connectivity index (χ3v) is 3.22. The van der Waals surface area contributed by atoms with Gasteiger partial charge in [-0.25, -0.2) is 4.98 Å². The van der Waals surface area contributed by atoms with E-state index in [0.29, 0.717) is 0 Å². The molecule has 2 aromatic carbocycles. The molecule has 3 aromatic rings. The van der Waals surface area contributed by atoms with Crippen molar-refractivity contribution in [1.82, 2.24) is 15.2 Å². The maximum atomic E-state index is 4.40. The fourth-order valence-corrected chi connectivity index (χ4v) is 2.12. The van der Waals surface area contributed by atoms with Gasteiger partial charge in [0, 0.05) is 5.56 Å². The number of fused-ring (bicyclic) bond motifs is 1. The Bertz CT molecular complexity index is 660. The zero-order valence-electron chi connectivity index (χ0n) is 9.34. The van der Waals surface area contributed by atoms with Crippen LogP contribution < -0.4 is 0 Å². The number of thioether (sulfide) groups is 1. The minimum Gasteiger partial charge on any atom is -0.258 e. The Morgan fingerprint density at radius 1 is 1.06 bits per heavy atom. The Labute approximate surface area is 103 Å². The van der Waals surface area contributed by atoms with E-state index in [1.165, 1.54) is 22.5 Å². The molecule has 0 fully saturated rings. The summed E-state index contributed by atoms with van der Waals surface area (Å²) >= 11 is 1.53. The molecule has 1 aromatic heterocycles. The molecule has 1 heterocycles. The van der Waals surface area contributed by atoms with Gasteiger partial charge in [0.05, 0.1) is 0 Å². The highest BCUT2D eigenvalue weighted by Gasteiger charge is 2.05. The summed E-state index contributed by atoms with van der Waals surface area (Å²) in [5.74, 6) is 0.820. The number of rotatable bonds is 2. The second-order valence-electron chi connectivity index (χ2n) is 3.73. The standard InChI is InChI=1S/C13H11N3S/c1-17-13-14-12(15-16-13)11-7-6-9-4-2-3-5-10(9)8-11/h2-8H,1H3,(H,14,15,16). The molecule has 17 heavy (non-hydrogen) atoms. The van der Waals surface area contributed by atoms with Crippen molar-refractivity contribution in [3.05, 3.63) is 42.5 Å². The van der Waals surface area contributed by atoms with Crippen molar-refractivity contribution >= 4 is 22.5 Å². The van der Waals surface area contributed by atoms with Crippen LogP contribution >= 0.6 is 11.8 Å². The number of aromatic nitrogens is 3. The van der Waals surface area contributed by atoms with Crippen LogP contribution in [0.5, 0.6) is 0 Å². The van der Waals surface area contributed by atoms with Crippen molar-refractivity contribution in [3.8, 4) is 11.4 Å². The minimum atomic E-state index is 0.771. The highest BCUT2D eigenvalue weighted by molar-refractivity contribution is 7.98. The van der Waals surface area contributed by atoms with Crippen LogP contribution in [-0.2, 0) is 0 Å². The zero-order valence-corrected chi connectivity index (χ0v) is 10.2. The molecule has 84 valence electrons. The summed E-state index contributed by atoms with van der Waals surface area (Å²) in [6.07, 6.45) is 1.97. The summed E-state index contributed by atoms with van der Waals surface area (Å²) in [5.41, 5.74) is 1.07. The van der Waals surface area contributed by atoms with Crippen molar-refractivity contribution in [2.45, 2.75) is 5.16 Å². The van der Waals surface area contributed by atoms with Crippen LogP contribution in [0.1, 0.15) is 0 Å². The van der Waals surface area contributed by atoms with Gasteiger partial charge in [-0.1, -0.05) is 48.2 Å². The molecule has 0 saturated heterocycles.